The zero-order valence-corrected chi connectivity index (χ0v) is 12.3. The topological polar surface area (TPSA) is 71.5 Å². The lowest BCUT2D eigenvalue weighted by atomic mass is 10.3. The van der Waals surface area contributed by atoms with Gasteiger partial charge in [-0.3, -0.25) is 4.79 Å². The Hall–Kier alpha value is -1.63. The lowest BCUT2D eigenvalue weighted by Gasteiger charge is -2.15. The minimum atomic E-state index is -0.366. The molecule has 0 bridgehead atoms. The average Bonchev–Trinajstić information content (AvgIpc) is 3.10. The summed E-state index contributed by atoms with van der Waals surface area (Å²) in [5, 5.41) is 3.94. The SMILES string of the molecule is COC(=O)c1sc(NC2CC(=O)N(C3CC3)C2)nc1C. The van der Waals surface area contributed by atoms with E-state index < -0.39 is 0 Å². The van der Waals surface area contributed by atoms with Crippen molar-refractivity contribution in [3.63, 3.8) is 0 Å². The largest absolute Gasteiger partial charge is 0.465 e. The fourth-order valence-corrected chi connectivity index (χ4v) is 3.44. The third kappa shape index (κ3) is 2.49. The molecule has 1 atom stereocenters. The maximum absolute atomic E-state index is 11.9. The standard InChI is InChI=1S/C13H17N3O3S/c1-7-11(12(18)19-2)20-13(14-7)15-8-5-10(17)16(6-8)9-3-4-9/h8-9H,3-6H2,1-2H3,(H,14,15). The molecule has 0 aromatic carbocycles. The fourth-order valence-electron chi connectivity index (χ4n) is 2.48. The lowest BCUT2D eigenvalue weighted by Crippen LogP contribution is -2.29. The number of nitrogens with zero attached hydrogens (tertiary/aromatic N) is 2. The van der Waals surface area contributed by atoms with Crippen LogP contribution in [0.5, 0.6) is 0 Å². The second-order valence-electron chi connectivity index (χ2n) is 5.25. The number of carbonyl (C=O) groups is 2. The number of carbonyl (C=O) groups excluding carboxylic acids is 2. The van der Waals surface area contributed by atoms with Gasteiger partial charge in [0.05, 0.1) is 18.8 Å². The molecule has 1 aliphatic heterocycles. The molecule has 20 heavy (non-hydrogen) atoms. The van der Waals surface area contributed by atoms with Crippen LogP contribution in [0, 0.1) is 6.92 Å². The van der Waals surface area contributed by atoms with Crippen LogP contribution in [0.2, 0.25) is 0 Å². The first kappa shape index (κ1) is 13.4. The number of nitrogens with one attached hydrogen (secondary N) is 1. The molecule has 1 aromatic rings. The van der Waals surface area contributed by atoms with Crippen LogP contribution >= 0.6 is 11.3 Å². The number of likely N-dealkylation sites (tertiary alicyclic amines) is 1. The van der Waals surface area contributed by atoms with E-state index in [0.29, 0.717) is 28.2 Å². The minimum Gasteiger partial charge on any atom is -0.465 e. The first-order chi connectivity index (χ1) is 9.58. The van der Waals surface area contributed by atoms with Crippen molar-refractivity contribution in [1.29, 1.82) is 0 Å². The van der Waals surface area contributed by atoms with Crippen molar-refractivity contribution in [3.05, 3.63) is 10.6 Å². The Morgan fingerprint density at radius 2 is 2.25 bits per heavy atom. The molecule has 2 fully saturated rings. The van der Waals surface area contributed by atoms with E-state index in [1.807, 2.05) is 4.90 Å². The molecule has 1 amide bonds. The van der Waals surface area contributed by atoms with E-state index in [4.69, 9.17) is 4.74 Å². The van der Waals surface area contributed by atoms with E-state index in [1.165, 1.54) is 18.4 Å². The number of aryl methyl sites for hydroxylation is 1. The average molecular weight is 295 g/mol. The second-order valence-corrected chi connectivity index (χ2v) is 6.25. The fraction of sp³-hybridized carbons (Fsp3) is 0.615. The Balaban J connectivity index is 1.66. The van der Waals surface area contributed by atoms with Gasteiger partial charge in [0.2, 0.25) is 5.91 Å². The summed E-state index contributed by atoms with van der Waals surface area (Å²) in [6.07, 6.45) is 2.76. The molecule has 0 radical (unpaired) electrons. The molecule has 2 heterocycles. The maximum Gasteiger partial charge on any atom is 0.350 e. The number of methoxy groups -OCH3 is 1. The predicted octanol–water partition coefficient (Wildman–Crippen LogP) is 1.41. The number of ether oxygens (including phenoxy) is 1. The van der Waals surface area contributed by atoms with Gasteiger partial charge in [-0.25, -0.2) is 9.78 Å². The highest BCUT2D eigenvalue weighted by atomic mass is 32.1. The number of rotatable bonds is 4. The maximum atomic E-state index is 11.9. The van der Waals surface area contributed by atoms with Crippen LogP contribution in [0.4, 0.5) is 5.13 Å². The molecular formula is C13H17N3O3S. The minimum absolute atomic E-state index is 0.0825. The molecule has 1 saturated carbocycles. The van der Waals surface area contributed by atoms with Gasteiger partial charge in [-0.15, -0.1) is 0 Å². The normalized spacial score (nSPS) is 22.2. The van der Waals surface area contributed by atoms with Crippen molar-refractivity contribution in [2.24, 2.45) is 0 Å². The number of hydrogen-bond acceptors (Lipinski definition) is 6. The van der Waals surface area contributed by atoms with Gasteiger partial charge in [-0.05, 0) is 19.8 Å². The van der Waals surface area contributed by atoms with E-state index in [9.17, 15) is 9.59 Å². The van der Waals surface area contributed by atoms with Crippen molar-refractivity contribution in [2.75, 3.05) is 19.0 Å². The highest BCUT2D eigenvalue weighted by Gasteiger charge is 2.39. The molecule has 1 saturated heterocycles. The van der Waals surface area contributed by atoms with Crippen molar-refractivity contribution < 1.29 is 14.3 Å². The van der Waals surface area contributed by atoms with Crippen LogP contribution in [0.3, 0.4) is 0 Å². The Morgan fingerprint density at radius 3 is 2.90 bits per heavy atom. The Kier molecular flexibility index (Phi) is 3.37. The van der Waals surface area contributed by atoms with Crippen LogP contribution in [-0.4, -0.2) is 47.5 Å². The summed E-state index contributed by atoms with van der Waals surface area (Å²) in [7, 11) is 1.36. The van der Waals surface area contributed by atoms with Crippen molar-refractivity contribution in [2.45, 2.75) is 38.3 Å². The molecule has 1 aromatic heterocycles. The van der Waals surface area contributed by atoms with Gasteiger partial charge in [0.25, 0.3) is 0 Å². The molecule has 3 rings (SSSR count). The van der Waals surface area contributed by atoms with Gasteiger partial charge in [0.15, 0.2) is 5.13 Å². The number of amides is 1. The summed E-state index contributed by atoms with van der Waals surface area (Å²) in [5.74, 6) is -0.151. The van der Waals surface area contributed by atoms with E-state index >= 15 is 0 Å². The summed E-state index contributed by atoms with van der Waals surface area (Å²) in [5.41, 5.74) is 0.660. The third-order valence-electron chi connectivity index (χ3n) is 3.64. The molecule has 1 aliphatic carbocycles. The van der Waals surface area contributed by atoms with Crippen LogP contribution < -0.4 is 5.32 Å². The monoisotopic (exact) mass is 295 g/mol. The molecular weight excluding hydrogens is 278 g/mol. The molecule has 2 aliphatic rings. The van der Waals surface area contributed by atoms with Crippen molar-refractivity contribution in [1.82, 2.24) is 9.88 Å². The number of aromatic nitrogens is 1. The lowest BCUT2D eigenvalue weighted by molar-refractivity contribution is -0.128. The zero-order chi connectivity index (χ0) is 14.3. The van der Waals surface area contributed by atoms with Crippen molar-refractivity contribution in [3.8, 4) is 0 Å². The van der Waals surface area contributed by atoms with Crippen LogP contribution in [0.25, 0.3) is 0 Å². The molecule has 6 nitrogen and oxygen atoms in total. The molecule has 108 valence electrons. The molecule has 0 spiro atoms. The number of anilines is 1. The Labute approximate surface area is 121 Å². The Bertz CT molecular complexity index is 553. The van der Waals surface area contributed by atoms with Crippen molar-refractivity contribution >= 4 is 28.3 Å². The first-order valence-corrected chi connectivity index (χ1v) is 7.52. The Morgan fingerprint density at radius 1 is 1.50 bits per heavy atom. The summed E-state index contributed by atoms with van der Waals surface area (Å²) >= 11 is 1.28. The molecule has 7 heteroatoms. The summed E-state index contributed by atoms with van der Waals surface area (Å²) < 4.78 is 4.72. The van der Waals surface area contributed by atoms with Crippen LogP contribution in [0.1, 0.15) is 34.6 Å². The highest BCUT2D eigenvalue weighted by Crippen LogP contribution is 2.32. The summed E-state index contributed by atoms with van der Waals surface area (Å²) in [6.45, 7) is 2.51. The van der Waals surface area contributed by atoms with E-state index in [1.54, 1.807) is 6.92 Å². The van der Waals surface area contributed by atoms with Gasteiger partial charge in [0.1, 0.15) is 4.88 Å². The predicted molar refractivity (Wildman–Crippen MR) is 75.0 cm³/mol. The smallest absolute Gasteiger partial charge is 0.350 e. The van der Waals surface area contributed by atoms with Gasteiger partial charge >= 0.3 is 5.97 Å². The summed E-state index contributed by atoms with van der Waals surface area (Å²) in [4.78, 5) is 30.2. The summed E-state index contributed by atoms with van der Waals surface area (Å²) in [6, 6.07) is 0.539. The van der Waals surface area contributed by atoms with E-state index in [0.717, 1.165) is 19.4 Å². The highest BCUT2D eigenvalue weighted by molar-refractivity contribution is 7.17. The first-order valence-electron chi connectivity index (χ1n) is 6.70. The van der Waals surface area contributed by atoms with Crippen LogP contribution in [-0.2, 0) is 9.53 Å². The van der Waals surface area contributed by atoms with Gasteiger partial charge in [-0.2, -0.15) is 0 Å². The third-order valence-corrected chi connectivity index (χ3v) is 4.71. The van der Waals surface area contributed by atoms with E-state index in [2.05, 4.69) is 10.3 Å². The zero-order valence-electron chi connectivity index (χ0n) is 11.5. The quantitative estimate of drug-likeness (QED) is 0.850. The van der Waals surface area contributed by atoms with Gasteiger partial charge in [-0.1, -0.05) is 11.3 Å². The van der Waals surface area contributed by atoms with Crippen LogP contribution in [0.15, 0.2) is 0 Å². The number of esters is 1. The van der Waals surface area contributed by atoms with Gasteiger partial charge in [0, 0.05) is 19.0 Å². The number of hydrogen-bond donors (Lipinski definition) is 1. The number of thiazole rings is 1. The van der Waals surface area contributed by atoms with E-state index in [-0.39, 0.29) is 17.9 Å². The molecule has 1 unspecified atom stereocenters. The molecule has 1 N–H and O–H groups in total. The van der Waals surface area contributed by atoms with Gasteiger partial charge < -0.3 is 15.0 Å². The second kappa shape index (κ2) is 5.05.